The zero-order chi connectivity index (χ0) is 14.8. The molecule has 5 nitrogen and oxygen atoms in total. The third kappa shape index (κ3) is 2.97. The van der Waals surface area contributed by atoms with Crippen LogP contribution in [0.25, 0.3) is 0 Å². The predicted molar refractivity (Wildman–Crippen MR) is 76.2 cm³/mol. The van der Waals surface area contributed by atoms with E-state index in [1.807, 2.05) is 9.80 Å². The largest absolute Gasteiger partial charge is 0.375 e. The van der Waals surface area contributed by atoms with Crippen LogP contribution in [0.3, 0.4) is 0 Å². The molecule has 2 aliphatic rings. The lowest BCUT2D eigenvalue weighted by molar-refractivity contribution is -0.144. The second-order valence-corrected chi connectivity index (χ2v) is 6.49. The zero-order valence-electron chi connectivity index (χ0n) is 12.9. The number of ether oxygens (including phenoxy) is 1. The van der Waals surface area contributed by atoms with Gasteiger partial charge in [0, 0.05) is 33.3 Å². The summed E-state index contributed by atoms with van der Waals surface area (Å²) in [5, 5.41) is 0. The lowest BCUT2D eigenvalue weighted by atomic mass is 9.77. The molecular weight excluding hydrogens is 256 g/mol. The van der Waals surface area contributed by atoms with Crippen molar-refractivity contribution in [3.05, 3.63) is 0 Å². The smallest absolute Gasteiger partial charge is 0.248 e. The number of nitrogens with zero attached hydrogens (tertiary/aromatic N) is 2. The molecule has 2 aliphatic heterocycles. The standard InChI is InChI=1S/C15H26N2O3/c1-12(2)10-17-9-6-15(14(17)19)4-7-16(8-5-15)13(18)11-20-3/h12H,4-11H2,1-3H3. The molecule has 2 fully saturated rings. The predicted octanol–water partition coefficient (Wildman–Crippen LogP) is 1.13. The van der Waals surface area contributed by atoms with E-state index in [0.717, 1.165) is 32.4 Å². The monoisotopic (exact) mass is 282 g/mol. The van der Waals surface area contributed by atoms with Crippen molar-refractivity contribution in [2.45, 2.75) is 33.1 Å². The van der Waals surface area contributed by atoms with Crippen LogP contribution in [-0.2, 0) is 14.3 Å². The van der Waals surface area contributed by atoms with Crippen molar-refractivity contribution in [3.8, 4) is 0 Å². The number of hydrogen-bond acceptors (Lipinski definition) is 3. The number of methoxy groups -OCH3 is 1. The van der Waals surface area contributed by atoms with Crippen LogP contribution in [0, 0.1) is 11.3 Å². The zero-order valence-corrected chi connectivity index (χ0v) is 12.9. The Kier molecular flexibility index (Phi) is 4.68. The summed E-state index contributed by atoms with van der Waals surface area (Å²) in [7, 11) is 1.54. The van der Waals surface area contributed by atoms with Crippen LogP contribution in [0.5, 0.6) is 0 Å². The fourth-order valence-corrected chi connectivity index (χ4v) is 3.37. The van der Waals surface area contributed by atoms with E-state index in [4.69, 9.17) is 4.74 Å². The Morgan fingerprint density at radius 3 is 2.40 bits per heavy atom. The number of carbonyl (C=O) groups excluding carboxylic acids is 2. The van der Waals surface area contributed by atoms with Crippen LogP contribution >= 0.6 is 0 Å². The minimum Gasteiger partial charge on any atom is -0.375 e. The number of rotatable bonds is 4. The van der Waals surface area contributed by atoms with Crippen LogP contribution in [0.1, 0.15) is 33.1 Å². The van der Waals surface area contributed by atoms with Crippen molar-refractivity contribution >= 4 is 11.8 Å². The van der Waals surface area contributed by atoms with E-state index in [-0.39, 0.29) is 17.9 Å². The third-order valence-corrected chi connectivity index (χ3v) is 4.53. The summed E-state index contributed by atoms with van der Waals surface area (Å²) in [5.41, 5.74) is -0.196. The highest BCUT2D eigenvalue weighted by molar-refractivity contribution is 5.85. The highest BCUT2D eigenvalue weighted by Crippen LogP contribution is 2.41. The van der Waals surface area contributed by atoms with Crippen molar-refractivity contribution in [1.29, 1.82) is 0 Å². The van der Waals surface area contributed by atoms with Crippen LogP contribution in [0.2, 0.25) is 0 Å². The van der Waals surface area contributed by atoms with Gasteiger partial charge in [0.05, 0.1) is 5.41 Å². The second kappa shape index (κ2) is 6.12. The molecule has 0 unspecified atom stereocenters. The van der Waals surface area contributed by atoms with E-state index in [1.54, 1.807) is 0 Å². The molecule has 5 heteroatoms. The molecular formula is C15H26N2O3. The van der Waals surface area contributed by atoms with E-state index in [2.05, 4.69) is 13.8 Å². The lowest BCUT2D eigenvalue weighted by Crippen LogP contribution is -2.47. The molecule has 0 aliphatic carbocycles. The Balaban J connectivity index is 1.92. The summed E-state index contributed by atoms with van der Waals surface area (Å²) in [6.07, 6.45) is 2.55. The first-order chi connectivity index (χ1) is 9.48. The average molecular weight is 282 g/mol. The van der Waals surface area contributed by atoms with Gasteiger partial charge in [0.2, 0.25) is 11.8 Å². The first-order valence-corrected chi connectivity index (χ1v) is 7.54. The fourth-order valence-electron chi connectivity index (χ4n) is 3.37. The molecule has 0 saturated carbocycles. The maximum Gasteiger partial charge on any atom is 0.248 e. The Morgan fingerprint density at radius 2 is 1.85 bits per heavy atom. The van der Waals surface area contributed by atoms with Crippen LogP contribution < -0.4 is 0 Å². The summed E-state index contributed by atoms with van der Waals surface area (Å²) < 4.78 is 4.89. The molecule has 2 saturated heterocycles. The number of hydrogen-bond donors (Lipinski definition) is 0. The van der Waals surface area contributed by atoms with Crippen LogP contribution in [0.4, 0.5) is 0 Å². The van der Waals surface area contributed by atoms with Crippen LogP contribution in [-0.4, -0.2) is 61.5 Å². The van der Waals surface area contributed by atoms with Gasteiger partial charge in [-0.1, -0.05) is 13.8 Å². The van der Waals surface area contributed by atoms with Crippen molar-refractivity contribution in [2.24, 2.45) is 11.3 Å². The molecule has 0 aromatic carbocycles. The molecule has 114 valence electrons. The minimum atomic E-state index is -0.196. The third-order valence-electron chi connectivity index (χ3n) is 4.53. The van der Waals surface area contributed by atoms with Gasteiger partial charge < -0.3 is 14.5 Å². The summed E-state index contributed by atoms with van der Waals surface area (Å²) >= 11 is 0. The fraction of sp³-hybridized carbons (Fsp3) is 0.867. The van der Waals surface area contributed by atoms with Crippen molar-refractivity contribution in [3.63, 3.8) is 0 Å². The van der Waals surface area contributed by atoms with E-state index in [9.17, 15) is 9.59 Å². The first-order valence-electron chi connectivity index (χ1n) is 7.54. The van der Waals surface area contributed by atoms with Gasteiger partial charge in [0.25, 0.3) is 0 Å². The van der Waals surface area contributed by atoms with Crippen molar-refractivity contribution < 1.29 is 14.3 Å². The molecule has 1 spiro atoms. The molecule has 2 amide bonds. The molecule has 2 rings (SSSR count). The van der Waals surface area contributed by atoms with Crippen molar-refractivity contribution in [2.75, 3.05) is 39.9 Å². The highest BCUT2D eigenvalue weighted by atomic mass is 16.5. The lowest BCUT2D eigenvalue weighted by Gasteiger charge is -2.38. The summed E-state index contributed by atoms with van der Waals surface area (Å²) in [5.74, 6) is 0.856. The molecule has 0 aromatic rings. The van der Waals surface area contributed by atoms with E-state index >= 15 is 0 Å². The van der Waals surface area contributed by atoms with Gasteiger partial charge in [-0.25, -0.2) is 0 Å². The minimum absolute atomic E-state index is 0.0341. The number of carbonyl (C=O) groups is 2. The normalized spacial score (nSPS) is 22.1. The molecule has 0 aromatic heterocycles. The summed E-state index contributed by atoms with van der Waals surface area (Å²) in [4.78, 5) is 28.3. The number of piperidine rings is 1. The quantitative estimate of drug-likeness (QED) is 0.776. The van der Waals surface area contributed by atoms with Gasteiger partial charge in [-0.2, -0.15) is 0 Å². The van der Waals surface area contributed by atoms with Gasteiger partial charge in [0.15, 0.2) is 0 Å². The van der Waals surface area contributed by atoms with Crippen molar-refractivity contribution in [1.82, 2.24) is 9.80 Å². The molecule has 2 heterocycles. The van der Waals surface area contributed by atoms with E-state index in [0.29, 0.717) is 24.9 Å². The molecule has 0 N–H and O–H groups in total. The summed E-state index contributed by atoms with van der Waals surface area (Å²) in [6, 6.07) is 0. The Bertz CT molecular complexity index is 373. The average Bonchev–Trinajstić information content (AvgIpc) is 2.69. The van der Waals surface area contributed by atoms with Crippen LogP contribution in [0.15, 0.2) is 0 Å². The Labute approximate surface area is 121 Å². The maximum atomic E-state index is 12.6. The first kappa shape index (κ1) is 15.3. The number of amides is 2. The van der Waals surface area contributed by atoms with Gasteiger partial charge in [-0.15, -0.1) is 0 Å². The molecule has 20 heavy (non-hydrogen) atoms. The second-order valence-electron chi connectivity index (χ2n) is 6.49. The number of likely N-dealkylation sites (tertiary alicyclic amines) is 2. The maximum absolute atomic E-state index is 12.6. The highest BCUT2D eigenvalue weighted by Gasteiger charge is 2.48. The van der Waals surface area contributed by atoms with E-state index < -0.39 is 0 Å². The Morgan fingerprint density at radius 1 is 1.25 bits per heavy atom. The molecule has 0 bridgehead atoms. The van der Waals surface area contributed by atoms with E-state index in [1.165, 1.54) is 7.11 Å². The van der Waals surface area contributed by atoms with Gasteiger partial charge in [-0.05, 0) is 25.2 Å². The Hall–Kier alpha value is -1.10. The molecule has 0 radical (unpaired) electrons. The topological polar surface area (TPSA) is 49.9 Å². The van der Waals surface area contributed by atoms with Gasteiger partial charge in [-0.3, -0.25) is 9.59 Å². The molecule has 0 atom stereocenters. The summed E-state index contributed by atoms with van der Waals surface area (Å²) in [6.45, 7) is 7.53. The van der Waals surface area contributed by atoms with Gasteiger partial charge >= 0.3 is 0 Å². The van der Waals surface area contributed by atoms with Gasteiger partial charge in [0.1, 0.15) is 6.61 Å². The SMILES string of the molecule is COCC(=O)N1CCC2(CC1)CCN(CC(C)C)C2=O.